The molecule has 0 saturated heterocycles. The second kappa shape index (κ2) is 20.8. The number of hydrogen-bond donors (Lipinski definition) is 8. The van der Waals surface area contributed by atoms with Crippen molar-refractivity contribution in [3.63, 3.8) is 0 Å². The number of carbonyl (C=O) groups excluding carboxylic acids is 5. The first kappa shape index (κ1) is 40.7. The molecule has 0 radical (unpaired) electrons. The SMILES string of the molecule is CC(=O)N[C@H](Cc1ccc(I)cc1)C(=O)N[C@@H](CCCN=C(N)N)C(=O)N[C@@H](Cc1ccc2ccccc2c1)C(=O)N[C@H](CCCCN)C(N)=O. The topological polar surface area (TPSA) is 250 Å². The molecule has 4 atom stereocenters. The summed E-state index contributed by atoms with van der Waals surface area (Å²) >= 11 is 2.17. The number of amides is 5. The molecule has 0 aliphatic heterocycles. The fraction of sp³-hybridized carbons (Fsp3) is 0.389. The van der Waals surface area contributed by atoms with Crippen molar-refractivity contribution >= 4 is 68.9 Å². The van der Waals surface area contributed by atoms with Crippen LogP contribution in [0, 0.1) is 3.57 Å². The number of halogens is 1. The molecule has 3 rings (SSSR count). The first-order valence-electron chi connectivity index (χ1n) is 16.8. The summed E-state index contributed by atoms with van der Waals surface area (Å²) in [6, 6.07) is 16.7. The van der Waals surface area contributed by atoms with Crippen LogP contribution >= 0.6 is 22.6 Å². The molecule has 274 valence electrons. The normalized spacial score (nSPS) is 13.2. The monoisotopic (exact) mass is 813 g/mol. The molecule has 0 aliphatic carbocycles. The van der Waals surface area contributed by atoms with Crippen molar-refractivity contribution in [2.24, 2.45) is 27.9 Å². The fourth-order valence-electron chi connectivity index (χ4n) is 5.49. The highest BCUT2D eigenvalue weighted by Crippen LogP contribution is 2.17. The largest absolute Gasteiger partial charge is 0.370 e. The molecule has 0 unspecified atom stereocenters. The minimum atomic E-state index is -1.15. The first-order valence-corrected chi connectivity index (χ1v) is 17.9. The lowest BCUT2D eigenvalue weighted by atomic mass is 9.99. The molecule has 15 heteroatoms. The molecular weight excluding hydrogens is 765 g/mol. The molecule has 0 saturated carbocycles. The third-order valence-electron chi connectivity index (χ3n) is 8.12. The van der Waals surface area contributed by atoms with Crippen molar-refractivity contribution in [3.8, 4) is 0 Å². The van der Waals surface area contributed by atoms with Crippen molar-refractivity contribution < 1.29 is 24.0 Å². The number of carbonyl (C=O) groups is 5. The van der Waals surface area contributed by atoms with Crippen molar-refractivity contribution in [2.75, 3.05) is 13.1 Å². The number of guanidine groups is 1. The Kier molecular flexibility index (Phi) is 16.6. The Morgan fingerprint density at radius 2 is 1.22 bits per heavy atom. The molecule has 12 N–H and O–H groups in total. The van der Waals surface area contributed by atoms with Gasteiger partial charge in [-0.05, 0) is 95.3 Å². The predicted octanol–water partition coefficient (Wildman–Crippen LogP) is 0.857. The number of aliphatic imine (C=N–C) groups is 1. The van der Waals surface area contributed by atoms with E-state index in [9.17, 15) is 24.0 Å². The maximum absolute atomic E-state index is 14.0. The molecule has 51 heavy (non-hydrogen) atoms. The van der Waals surface area contributed by atoms with Crippen LogP contribution in [0.2, 0.25) is 0 Å². The van der Waals surface area contributed by atoms with Crippen molar-refractivity contribution in [3.05, 3.63) is 81.4 Å². The maximum Gasteiger partial charge on any atom is 0.243 e. The summed E-state index contributed by atoms with van der Waals surface area (Å²) in [5.41, 5.74) is 23.7. The molecule has 0 spiro atoms. The highest BCUT2D eigenvalue weighted by molar-refractivity contribution is 14.1. The third-order valence-corrected chi connectivity index (χ3v) is 8.84. The predicted molar refractivity (Wildman–Crippen MR) is 206 cm³/mol. The average molecular weight is 814 g/mol. The maximum atomic E-state index is 14.0. The van der Waals surface area contributed by atoms with E-state index in [-0.39, 0.29) is 38.2 Å². The van der Waals surface area contributed by atoms with E-state index >= 15 is 0 Å². The smallest absolute Gasteiger partial charge is 0.243 e. The Morgan fingerprint density at radius 1 is 0.667 bits per heavy atom. The number of nitrogens with one attached hydrogen (secondary N) is 4. The van der Waals surface area contributed by atoms with Crippen LogP contribution in [0.25, 0.3) is 10.8 Å². The Morgan fingerprint density at radius 3 is 1.84 bits per heavy atom. The van der Waals surface area contributed by atoms with Gasteiger partial charge in [-0.25, -0.2) is 0 Å². The fourth-order valence-corrected chi connectivity index (χ4v) is 5.85. The number of benzene rings is 3. The van der Waals surface area contributed by atoms with Gasteiger partial charge in [0.2, 0.25) is 29.5 Å². The summed E-state index contributed by atoms with van der Waals surface area (Å²) in [7, 11) is 0. The molecule has 14 nitrogen and oxygen atoms in total. The Balaban J connectivity index is 1.90. The van der Waals surface area contributed by atoms with Crippen LogP contribution in [-0.4, -0.2) is 72.8 Å². The van der Waals surface area contributed by atoms with Crippen LogP contribution < -0.4 is 44.2 Å². The summed E-state index contributed by atoms with van der Waals surface area (Å²) in [6.45, 7) is 1.91. The van der Waals surface area contributed by atoms with Gasteiger partial charge in [0.25, 0.3) is 0 Å². The van der Waals surface area contributed by atoms with E-state index in [1.165, 1.54) is 6.92 Å². The Labute approximate surface area is 311 Å². The molecule has 0 heterocycles. The van der Waals surface area contributed by atoms with E-state index in [0.29, 0.717) is 25.8 Å². The van der Waals surface area contributed by atoms with Crippen LogP contribution in [-0.2, 0) is 36.8 Å². The number of unbranched alkanes of at least 4 members (excludes halogenated alkanes) is 1. The summed E-state index contributed by atoms with van der Waals surface area (Å²) in [6.07, 6.45) is 2.16. The van der Waals surface area contributed by atoms with Gasteiger partial charge in [0.05, 0.1) is 0 Å². The van der Waals surface area contributed by atoms with Gasteiger partial charge in [-0.3, -0.25) is 29.0 Å². The zero-order chi connectivity index (χ0) is 37.3. The number of hydrogen-bond acceptors (Lipinski definition) is 7. The van der Waals surface area contributed by atoms with Gasteiger partial charge in [0.15, 0.2) is 5.96 Å². The van der Waals surface area contributed by atoms with Gasteiger partial charge < -0.3 is 44.2 Å². The molecule has 3 aromatic rings. The molecular formula is C36H48IN9O5. The molecule has 0 aliphatic rings. The second-order valence-electron chi connectivity index (χ2n) is 12.3. The quantitative estimate of drug-likeness (QED) is 0.0351. The highest BCUT2D eigenvalue weighted by Gasteiger charge is 2.31. The molecule has 0 bridgehead atoms. The first-order chi connectivity index (χ1) is 24.4. The minimum absolute atomic E-state index is 0.0761. The summed E-state index contributed by atoms with van der Waals surface area (Å²) in [4.78, 5) is 69.8. The van der Waals surface area contributed by atoms with Gasteiger partial charge in [0, 0.05) is 29.9 Å². The van der Waals surface area contributed by atoms with E-state index in [0.717, 1.165) is 25.5 Å². The summed E-state index contributed by atoms with van der Waals surface area (Å²) < 4.78 is 1.01. The highest BCUT2D eigenvalue weighted by atomic mass is 127. The van der Waals surface area contributed by atoms with Gasteiger partial charge in [-0.1, -0.05) is 54.6 Å². The molecule has 0 aromatic heterocycles. The lowest BCUT2D eigenvalue weighted by Gasteiger charge is -2.26. The van der Waals surface area contributed by atoms with Crippen molar-refractivity contribution in [1.29, 1.82) is 0 Å². The number of nitrogens with zero attached hydrogens (tertiary/aromatic N) is 1. The van der Waals surface area contributed by atoms with Gasteiger partial charge >= 0.3 is 0 Å². The standard InChI is InChI=1S/C36H48IN9O5/c1-22(47)43-30(20-23-12-15-27(37)16-13-23)34(50)45-29(10-6-18-42-36(40)41)33(49)46-31(35(51)44-28(32(39)48)9-4-5-17-38)21-24-11-14-25-7-2-3-8-26(25)19-24/h2-3,7-8,11-16,19,28-31H,4-6,9-10,17-18,20-21,38H2,1H3,(H2,39,48)(H,43,47)(H,44,51)(H,45,50)(H,46,49)(H4,40,41,42)/t28-,29+,30-,31+/m1/s1. The van der Waals surface area contributed by atoms with E-state index in [4.69, 9.17) is 22.9 Å². The van der Waals surface area contributed by atoms with E-state index in [1.54, 1.807) is 0 Å². The lowest BCUT2D eigenvalue weighted by Crippen LogP contribution is -2.58. The van der Waals surface area contributed by atoms with Crippen LogP contribution in [0.4, 0.5) is 0 Å². The van der Waals surface area contributed by atoms with Crippen molar-refractivity contribution in [1.82, 2.24) is 21.3 Å². The summed E-state index contributed by atoms with van der Waals surface area (Å²) in [5.74, 6) is -3.10. The van der Waals surface area contributed by atoms with E-state index in [1.807, 2.05) is 66.7 Å². The third kappa shape index (κ3) is 14.2. The van der Waals surface area contributed by atoms with Crippen molar-refractivity contribution in [2.45, 2.75) is 76.0 Å². The van der Waals surface area contributed by atoms with Crippen LogP contribution in [0.1, 0.15) is 50.2 Å². The molecule has 5 amide bonds. The number of primary amides is 1. The Bertz CT molecular complexity index is 1680. The number of nitrogens with two attached hydrogens (primary N) is 4. The Hall–Kier alpha value is -4.77. The molecule has 0 fully saturated rings. The van der Waals surface area contributed by atoms with Crippen LogP contribution in [0.15, 0.2) is 71.7 Å². The zero-order valence-electron chi connectivity index (χ0n) is 28.7. The average Bonchev–Trinajstić information content (AvgIpc) is 3.08. The number of rotatable bonds is 20. The lowest BCUT2D eigenvalue weighted by molar-refractivity contribution is -0.134. The minimum Gasteiger partial charge on any atom is -0.370 e. The van der Waals surface area contributed by atoms with Gasteiger partial charge in [-0.2, -0.15) is 0 Å². The molecule has 3 aromatic carbocycles. The van der Waals surface area contributed by atoms with Gasteiger partial charge in [-0.15, -0.1) is 0 Å². The van der Waals surface area contributed by atoms with E-state index in [2.05, 4.69) is 48.9 Å². The number of fused-ring (bicyclic) bond motifs is 1. The van der Waals surface area contributed by atoms with E-state index < -0.39 is 53.7 Å². The van der Waals surface area contributed by atoms with Crippen LogP contribution in [0.5, 0.6) is 0 Å². The zero-order valence-corrected chi connectivity index (χ0v) is 30.9. The second-order valence-corrected chi connectivity index (χ2v) is 13.5. The van der Waals surface area contributed by atoms with Crippen LogP contribution in [0.3, 0.4) is 0 Å². The van der Waals surface area contributed by atoms with Gasteiger partial charge in [0.1, 0.15) is 24.2 Å². The summed E-state index contributed by atoms with van der Waals surface area (Å²) in [5, 5.41) is 12.9.